The summed E-state index contributed by atoms with van der Waals surface area (Å²) in [6.45, 7) is 7.21. The number of carbonyl (C=O) groups excluding carboxylic acids is 2. The van der Waals surface area contributed by atoms with Gasteiger partial charge in [0.15, 0.2) is 0 Å². The molecule has 2 aromatic carbocycles. The van der Waals surface area contributed by atoms with Gasteiger partial charge in [-0.1, -0.05) is 61.7 Å². The minimum absolute atomic E-state index is 0.0347. The third kappa shape index (κ3) is 10.6. The van der Waals surface area contributed by atoms with Gasteiger partial charge in [-0.15, -0.1) is 0 Å². The molecule has 1 aliphatic rings. The van der Waals surface area contributed by atoms with Crippen LogP contribution in [0.25, 0.3) is 10.9 Å². The highest BCUT2D eigenvalue weighted by molar-refractivity contribution is 6.38. The van der Waals surface area contributed by atoms with Crippen LogP contribution in [-0.2, 0) is 52.6 Å². The largest absolute Gasteiger partial charge is 0.491 e. The first-order valence-corrected chi connectivity index (χ1v) is 17.6. The van der Waals surface area contributed by atoms with E-state index in [1.54, 1.807) is 37.4 Å². The first-order chi connectivity index (χ1) is 24.1. The smallest absolute Gasteiger partial charge is 0.329 e. The molecule has 3 atom stereocenters. The molecule has 0 radical (unpaired) electrons. The quantitative estimate of drug-likeness (QED) is 0.113. The van der Waals surface area contributed by atoms with Crippen LogP contribution in [0.4, 0.5) is 0 Å². The monoisotopic (exact) mass is 735 g/mol. The maximum atomic E-state index is 13.8. The van der Waals surface area contributed by atoms with Gasteiger partial charge in [-0.2, -0.15) is 0 Å². The second-order valence-electron chi connectivity index (χ2n) is 12.3. The molecule has 3 aromatic rings. The number of halogens is 2. The summed E-state index contributed by atoms with van der Waals surface area (Å²) in [6.07, 6.45) is 1.11. The van der Waals surface area contributed by atoms with Crippen LogP contribution in [0.15, 0.2) is 36.4 Å². The molecule has 0 spiro atoms. The number of rotatable bonds is 21. The Morgan fingerprint density at radius 2 is 1.64 bits per heavy atom. The Kier molecular flexibility index (Phi) is 15.2. The number of fused-ring (bicyclic) bond motifs is 3. The molecule has 0 bridgehead atoms. The SMILES string of the molecule is CCC(C)C(NC(=O)Cc1ccccc1OCCOCCOCCOCCOC)C(=O)N[C@]1(C(=O)O)CCc2[nH]c3c(Cl)cc(Cl)cc3c2C1. The molecule has 1 aromatic heterocycles. The lowest BCUT2D eigenvalue weighted by atomic mass is 9.79. The molecule has 0 saturated carbocycles. The zero-order valence-corrected chi connectivity index (χ0v) is 30.3. The Labute approximate surface area is 302 Å². The predicted molar refractivity (Wildman–Crippen MR) is 190 cm³/mol. The predicted octanol–water partition coefficient (Wildman–Crippen LogP) is 4.75. The Morgan fingerprint density at radius 1 is 0.980 bits per heavy atom. The van der Waals surface area contributed by atoms with Crippen LogP contribution in [0.2, 0.25) is 10.0 Å². The van der Waals surface area contributed by atoms with Crippen LogP contribution in [0.1, 0.15) is 43.5 Å². The van der Waals surface area contributed by atoms with Gasteiger partial charge >= 0.3 is 5.97 Å². The molecule has 0 aliphatic heterocycles. The number of hydrogen-bond acceptors (Lipinski definition) is 8. The van der Waals surface area contributed by atoms with Crippen LogP contribution in [0, 0.1) is 5.92 Å². The van der Waals surface area contributed by atoms with Gasteiger partial charge in [-0.3, -0.25) is 9.59 Å². The van der Waals surface area contributed by atoms with Gasteiger partial charge in [-0.05, 0) is 42.5 Å². The first kappa shape index (κ1) is 39.4. The van der Waals surface area contributed by atoms with Gasteiger partial charge in [0.25, 0.3) is 0 Å². The Hall–Kier alpha value is -3.39. The number of aromatic amines is 1. The van der Waals surface area contributed by atoms with Crippen molar-refractivity contribution >= 4 is 51.9 Å². The summed E-state index contributed by atoms with van der Waals surface area (Å²) in [5.74, 6) is -1.84. The van der Waals surface area contributed by atoms with Gasteiger partial charge in [0, 0.05) is 35.2 Å². The molecule has 14 heteroatoms. The van der Waals surface area contributed by atoms with E-state index < -0.39 is 29.4 Å². The molecule has 1 aliphatic carbocycles. The topological polar surface area (TPSA) is 157 Å². The fourth-order valence-corrected chi connectivity index (χ4v) is 6.45. The van der Waals surface area contributed by atoms with E-state index in [0.717, 1.165) is 16.6 Å². The number of hydrogen-bond donors (Lipinski definition) is 4. The van der Waals surface area contributed by atoms with E-state index in [9.17, 15) is 19.5 Å². The highest BCUT2D eigenvalue weighted by Crippen LogP contribution is 2.38. The van der Waals surface area contributed by atoms with Crippen molar-refractivity contribution in [3.63, 3.8) is 0 Å². The zero-order chi connectivity index (χ0) is 36.1. The maximum absolute atomic E-state index is 13.8. The number of nitrogens with one attached hydrogen (secondary N) is 3. The lowest BCUT2D eigenvalue weighted by Gasteiger charge is -2.36. The molecule has 4 N–H and O–H groups in total. The Balaban J connectivity index is 1.32. The molecule has 274 valence electrons. The number of benzene rings is 2. The maximum Gasteiger partial charge on any atom is 0.329 e. The van der Waals surface area contributed by atoms with E-state index in [1.165, 1.54) is 0 Å². The van der Waals surface area contributed by atoms with Gasteiger partial charge in [-0.25, -0.2) is 4.79 Å². The highest BCUT2D eigenvalue weighted by Gasteiger charge is 2.45. The number of aromatic nitrogens is 1. The summed E-state index contributed by atoms with van der Waals surface area (Å²) in [6, 6.07) is 9.59. The van der Waals surface area contributed by atoms with Crippen molar-refractivity contribution in [2.24, 2.45) is 5.92 Å². The summed E-state index contributed by atoms with van der Waals surface area (Å²) in [5.41, 5.74) is 1.34. The Bertz CT molecular complexity index is 1600. The van der Waals surface area contributed by atoms with E-state index >= 15 is 0 Å². The van der Waals surface area contributed by atoms with Crippen molar-refractivity contribution in [3.05, 3.63) is 63.3 Å². The molecular weight excluding hydrogens is 689 g/mol. The molecule has 0 fully saturated rings. The van der Waals surface area contributed by atoms with Crippen molar-refractivity contribution in [3.8, 4) is 5.75 Å². The zero-order valence-electron chi connectivity index (χ0n) is 28.8. The van der Waals surface area contributed by atoms with Gasteiger partial charge in [0.1, 0.15) is 23.9 Å². The lowest BCUT2D eigenvalue weighted by molar-refractivity contribution is -0.149. The minimum atomic E-state index is -1.59. The van der Waals surface area contributed by atoms with Crippen molar-refractivity contribution in [1.29, 1.82) is 0 Å². The summed E-state index contributed by atoms with van der Waals surface area (Å²) in [4.78, 5) is 43.3. The van der Waals surface area contributed by atoms with Gasteiger partial charge < -0.3 is 44.4 Å². The third-order valence-electron chi connectivity index (χ3n) is 8.87. The molecule has 1 heterocycles. The number of methoxy groups -OCH3 is 1. The van der Waals surface area contributed by atoms with Gasteiger partial charge in [0.2, 0.25) is 11.8 Å². The second kappa shape index (κ2) is 19.3. The number of para-hydroxylation sites is 1. The van der Waals surface area contributed by atoms with E-state index in [2.05, 4.69) is 15.6 Å². The van der Waals surface area contributed by atoms with Crippen LogP contribution < -0.4 is 15.4 Å². The molecule has 2 amide bonds. The van der Waals surface area contributed by atoms with E-state index in [-0.39, 0.29) is 31.8 Å². The van der Waals surface area contributed by atoms with Crippen LogP contribution >= 0.6 is 23.2 Å². The second-order valence-corrected chi connectivity index (χ2v) is 13.2. The van der Waals surface area contributed by atoms with Crippen molar-refractivity contribution in [2.75, 3.05) is 60.0 Å². The van der Waals surface area contributed by atoms with Gasteiger partial charge in [0.05, 0.1) is 63.2 Å². The summed E-state index contributed by atoms with van der Waals surface area (Å²) < 4.78 is 27.2. The molecule has 12 nitrogen and oxygen atoms in total. The van der Waals surface area contributed by atoms with E-state index in [0.29, 0.717) is 86.0 Å². The number of ether oxygens (including phenoxy) is 5. The number of aliphatic carboxylic acids is 1. The van der Waals surface area contributed by atoms with Crippen molar-refractivity contribution < 1.29 is 43.2 Å². The number of carboxylic acids is 1. The summed E-state index contributed by atoms with van der Waals surface area (Å²) >= 11 is 12.7. The summed E-state index contributed by atoms with van der Waals surface area (Å²) in [7, 11) is 1.62. The molecular formula is C36H47Cl2N3O9. The highest BCUT2D eigenvalue weighted by atomic mass is 35.5. The molecule has 2 unspecified atom stereocenters. The minimum Gasteiger partial charge on any atom is -0.491 e. The van der Waals surface area contributed by atoms with E-state index in [4.69, 9.17) is 46.9 Å². The van der Waals surface area contributed by atoms with Crippen LogP contribution in [0.3, 0.4) is 0 Å². The first-order valence-electron chi connectivity index (χ1n) is 16.8. The van der Waals surface area contributed by atoms with Crippen LogP contribution in [-0.4, -0.2) is 99.4 Å². The number of carboxylic acid groups (broad SMARTS) is 1. The number of H-pyrrole nitrogens is 1. The van der Waals surface area contributed by atoms with E-state index in [1.807, 2.05) is 19.9 Å². The standard InChI is InChI=1S/C36H47Cl2N3O9/c1-4-23(2)32(34(43)41-36(35(44)45)10-9-29-27(22-36)26-20-25(37)21-28(38)33(26)39-29)40-31(42)19-24-7-5-6-8-30(24)50-18-17-49-16-15-48-14-13-47-12-11-46-3/h5-8,20-21,23,32,39H,4,9-19,22H2,1-3H3,(H,40,42)(H,41,43)(H,44,45)/t23?,32?,36-/m1/s1. The van der Waals surface area contributed by atoms with Crippen molar-refractivity contribution in [2.45, 2.75) is 57.5 Å². The number of carbonyl (C=O) groups is 3. The molecule has 50 heavy (non-hydrogen) atoms. The fraction of sp³-hybridized carbons (Fsp3) is 0.528. The molecule has 0 saturated heterocycles. The fourth-order valence-electron chi connectivity index (χ4n) is 5.91. The third-order valence-corrected chi connectivity index (χ3v) is 9.39. The Morgan fingerprint density at radius 3 is 2.30 bits per heavy atom. The van der Waals surface area contributed by atoms with Crippen LogP contribution in [0.5, 0.6) is 5.75 Å². The number of aryl methyl sites for hydroxylation is 1. The molecule has 4 rings (SSSR count). The summed E-state index contributed by atoms with van der Waals surface area (Å²) in [5, 5.41) is 17.7. The normalized spacial score (nSPS) is 16.8. The lowest BCUT2D eigenvalue weighted by Crippen LogP contribution is -2.62. The average Bonchev–Trinajstić information content (AvgIpc) is 3.45. The van der Waals surface area contributed by atoms with Crippen molar-refractivity contribution in [1.82, 2.24) is 15.6 Å². The average molecular weight is 737 g/mol. The number of amides is 2.